The minimum atomic E-state index is -0.775. The second-order valence-corrected chi connectivity index (χ2v) is 9.00. The fourth-order valence-electron chi connectivity index (χ4n) is 3.28. The van der Waals surface area contributed by atoms with E-state index in [0.717, 1.165) is 0 Å². The van der Waals surface area contributed by atoms with Gasteiger partial charge in [-0.05, 0) is 51.1 Å². The molecule has 0 atom stereocenters. The van der Waals surface area contributed by atoms with Crippen molar-refractivity contribution in [1.82, 2.24) is 9.97 Å². The number of guanidine groups is 1. The van der Waals surface area contributed by atoms with E-state index in [-0.39, 0.29) is 58.7 Å². The Hall–Kier alpha value is -5.38. The largest absolute Gasteiger partial charge is 0.456 e. The van der Waals surface area contributed by atoms with Gasteiger partial charge in [0, 0.05) is 6.07 Å². The maximum Gasteiger partial charge on any atom is 0.342 e. The van der Waals surface area contributed by atoms with E-state index in [0.29, 0.717) is 11.4 Å². The zero-order valence-corrected chi connectivity index (χ0v) is 20.7. The molecule has 0 radical (unpaired) electrons. The van der Waals surface area contributed by atoms with E-state index in [4.69, 9.17) is 25.7 Å². The molecule has 2 aromatic carbocycles. The number of nitrogens with zero attached hydrogens (tertiary/aromatic N) is 4. The average molecular weight is 517 g/mol. The van der Waals surface area contributed by atoms with E-state index >= 15 is 0 Å². The van der Waals surface area contributed by atoms with Crippen LogP contribution in [-0.4, -0.2) is 39.9 Å². The van der Waals surface area contributed by atoms with Gasteiger partial charge in [0.05, 0.1) is 23.9 Å². The lowest BCUT2D eigenvalue weighted by atomic mass is 10.1. The molecule has 0 saturated heterocycles. The van der Waals surface area contributed by atoms with Gasteiger partial charge in [0.2, 0.25) is 5.91 Å². The molecule has 0 spiro atoms. The van der Waals surface area contributed by atoms with Crippen molar-refractivity contribution < 1.29 is 23.8 Å². The summed E-state index contributed by atoms with van der Waals surface area (Å²) in [4.78, 5) is 37.6. The van der Waals surface area contributed by atoms with Crippen molar-refractivity contribution >= 4 is 35.0 Å². The summed E-state index contributed by atoms with van der Waals surface area (Å²) in [6, 6.07) is 12.7. The van der Waals surface area contributed by atoms with E-state index in [1.165, 1.54) is 18.2 Å². The van der Waals surface area contributed by atoms with E-state index in [1.807, 2.05) is 6.07 Å². The number of fused-ring (bicyclic) bond motifs is 1. The zero-order chi connectivity index (χ0) is 27.4. The number of rotatable bonds is 6. The fraction of sp³-hybridized carbons (Fsp3) is 0.200. The number of nitrogens with two attached hydrogens (primary N) is 2. The van der Waals surface area contributed by atoms with Gasteiger partial charge >= 0.3 is 12.0 Å². The standard InChI is InChI=1S/C25H24N8O5/c1-25(2,3)38-22(35)16-8-7-13(11-26)9-17(16)37-21-19-20(29-12-18(34)31-19)32-24(33-21)36-15-6-4-5-14(10-15)30-23(27)28/h4-10H,12H2,1-3H3,(H,31,34)(H4,27,28,30)(H,29,32,33). The Labute approximate surface area is 217 Å². The lowest BCUT2D eigenvalue weighted by molar-refractivity contribution is -0.114. The highest BCUT2D eigenvalue weighted by Crippen LogP contribution is 2.38. The van der Waals surface area contributed by atoms with Gasteiger partial charge in [0.25, 0.3) is 5.88 Å². The molecule has 0 aliphatic carbocycles. The Morgan fingerprint density at radius 3 is 2.63 bits per heavy atom. The molecule has 1 aromatic heterocycles. The van der Waals surface area contributed by atoms with E-state index in [9.17, 15) is 14.9 Å². The number of anilines is 2. The molecular formula is C25H24N8O5. The first-order valence-electron chi connectivity index (χ1n) is 11.3. The molecule has 1 aliphatic heterocycles. The highest BCUT2D eigenvalue weighted by Gasteiger charge is 2.27. The first-order valence-corrected chi connectivity index (χ1v) is 11.3. The fourth-order valence-corrected chi connectivity index (χ4v) is 3.28. The van der Waals surface area contributed by atoms with Crippen LogP contribution in [0.4, 0.5) is 17.2 Å². The van der Waals surface area contributed by atoms with Crippen LogP contribution in [0.3, 0.4) is 0 Å². The number of aromatic nitrogens is 2. The summed E-state index contributed by atoms with van der Waals surface area (Å²) in [6.45, 7) is 5.13. The summed E-state index contributed by atoms with van der Waals surface area (Å²) in [5.41, 5.74) is 11.0. The van der Waals surface area contributed by atoms with Crippen LogP contribution in [0.2, 0.25) is 0 Å². The topological polar surface area (TPSA) is 200 Å². The van der Waals surface area contributed by atoms with Gasteiger partial charge in [-0.1, -0.05) is 6.07 Å². The van der Waals surface area contributed by atoms with Crippen LogP contribution in [-0.2, 0) is 9.53 Å². The van der Waals surface area contributed by atoms with Gasteiger partial charge in [-0.25, -0.2) is 9.79 Å². The van der Waals surface area contributed by atoms with Gasteiger partial charge in [-0.2, -0.15) is 15.2 Å². The smallest absolute Gasteiger partial charge is 0.342 e. The Morgan fingerprint density at radius 2 is 1.92 bits per heavy atom. The third-order valence-corrected chi connectivity index (χ3v) is 4.76. The molecule has 0 bridgehead atoms. The van der Waals surface area contributed by atoms with Gasteiger partial charge < -0.3 is 36.3 Å². The van der Waals surface area contributed by atoms with Crippen molar-refractivity contribution in [2.24, 2.45) is 16.5 Å². The lowest BCUT2D eigenvalue weighted by Gasteiger charge is -2.22. The van der Waals surface area contributed by atoms with Crippen molar-refractivity contribution in [2.45, 2.75) is 26.4 Å². The highest BCUT2D eigenvalue weighted by atomic mass is 16.6. The van der Waals surface area contributed by atoms with Crippen molar-refractivity contribution in [3.63, 3.8) is 0 Å². The summed E-state index contributed by atoms with van der Waals surface area (Å²) < 4.78 is 17.3. The molecular weight excluding hydrogens is 492 g/mol. The number of nitriles is 1. The number of ether oxygens (including phenoxy) is 3. The van der Waals surface area contributed by atoms with E-state index in [2.05, 4.69) is 25.6 Å². The number of esters is 1. The van der Waals surface area contributed by atoms with Crippen LogP contribution in [0.25, 0.3) is 0 Å². The number of aliphatic imine (C=N–C) groups is 1. The summed E-state index contributed by atoms with van der Waals surface area (Å²) in [5, 5.41) is 14.9. The second kappa shape index (κ2) is 10.3. The third-order valence-electron chi connectivity index (χ3n) is 4.76. The number of benzene rings is 2. The molecule has 0 unspecified atom stereocenters. The first-order chi connectivity index (χ1) is 18.0. The molecule has 1 aliphatic rings. The van der Waals surface area contributed by atoms with Gasteiger partial charge in [0.1, 0.15) is 28.4 Å². The molecule has 13 heteroatoms. The van der Waals surface area contributed by atoms with Gasteiger partial charge in [0.15, 0.2) is 11.8 Å². The predicted octanol–water partition coefficient (Wildman–Crippen LogP) is 3.16. The van der Waals surface area contributed by atoms with E-state index < -0.39 is 11.6 Å². The Balaban J connectivity index is 1.75. The molecule has 2 heterocycles. The Morgan fingerprint density at radius 1 is 1.13 bits per heavy atom. The SMILES string of the molecule is CC(C)(C)OC(=O)c1ccc(C#N)cc1Oc1nc(Oc2cccc(N=C(N)N)c2)nc2c1NC(=O)CN2. The number of carbonyl (C=O) groups excluding carboxylic acids is 2. The van der Waals surface area contributed by atoms with Crippen LogP contribution < -0.4 is 31.6 Å². The average Bonchev–Trinajstić information content (AvgIpc) is 2.83. The number of amides is 1. The lowest BCUT2D eigenvalue weighted by Crippen LogP contribution is -2.28. The summed E-state index contributed by atoms with van der Waals surface area (Å²) in [6.07, 6.45) is 0. The number of carbonyl (C=O) groups is 2. The molecule has 3 aromatic rings. The van der Waals surface area contributed by atoms with Crippen molar-refractivity contribution in [2.75, 3.05) is 17.2 Å². The summed E-state index contributed by atoms with van der Waals surface area (Å²) in [7, 11) is 0. The van der Waals surface area contributed by atoms with Gasteiger partial charge in [-0.15, -0.1) is 0 Å². The predicted molar refractivity (Wildman–Crippen MR) is 138 cm³/mol. The van der Waals surface area contributed by atoms with Gasteiger partial charge in [-0.3, -0.25) is 4.79 Å². The van der Waals surface area contributed by atoms with Crippen LogP contribution in [0.15, 0.2) is 47.5 Å². The Bertz CT molecular complexity index is 1490. The molecule has 38 heavy (non-hydrogen) atoms. The number of hydrogen-bond acceptors (Lipinski definition) is 10. The maximum atomic E-state index is 12.9. The van der Waals surface area contributed by atoms with Crippen LogP contribution in [0.1, 0.15) is 36.7 Å². The maximum absolute atomic E-state index is 12.9. The van der Waals surface area contributed by atoms with Crippen LogP contribution in [0, 0.1) is 11.3 Å². The molecule has 194 valence electrons. The highest BCUT2D eigenvalue weighted by molar-refractivity contribution is 6.01. The second-order valence-electron chi connectivity index (χ2n) is 9.00. The van der Waals surface area contributed by atoms with Crippen molar-refractivity contribution in [1.29, 1.82) is 5.26 Å². The first kappa shape index (κ1) is 25.7. The Kier molecular flexibility index (Phi) is 6.98. The molecule has 0 fully saturated rings. The normalized spacial score (nSPS) is 12.2. The van der Waals surface area contributed by atoms with Crippen LogP contribution in [0.5, 0.6) is 23.4 Å². The minimum Gasteiger partial charge on any atom is -0.456 e. The van der Waals surface area contributed by atoms with E-state index in [1.54, 1.807) is 45.0 Å². The minimum absolute atomic E-state index is 0.0141. The molecule has 13 nitrogen and oxygen atoms in total. The quantitative estimate of drug-likeness (QED) is 0.213. The molecule has 6 N–H and O–H groups in total. The number of nitrogens with one attached hydrogen (secondary N) is 2. The monoisotopic (exact) mass is 516 g/mol. The third kappa shape index (κ3) is 6.24. The molecule has 0 saturated carbocycles. The number of hydrogen-bond donors (Lipinski definition) is 4. The zero-order valence-electron chi connectivity index (χ0n) is 20.7. The summed E-state index contributed by atoms with van der Waals surface area (Å²) >= 11 is 0. The molecule has 4 rings (SSSR count). The summed E-state index contributed by atoms with van der Waals surface area (Å²) in [5.74, 6) is -0.758. The van der Waals surface area contributed by atoms with Crippen LogP contribution >= 0.6 is 0 Å². The molecule has 1 amide bonds. The van der Waals surface area contributed by atoms with Crippen molar-refractivity contribution in [3.05, 3.63) is 53.6 Å². The van der Waals surface area contributed by atoms with Crippen molar-refractivity contribution in [3.8, 4) is 29.5 Å².